The van der Waals surface area contributed by atoms with E-state index in [0.29, 0.717) is 82.9 Å². The zero-order chi connectivity index (χ0) is 40.7. The first-order valence-corrected chi connectivity index (χ1v) is 25.5. The third-order valence-corrected chi connectivity index (χ3v) is 22.0. The molecular formula is C53H88O4. The Morgan fingerprint density at radius 3 is 1.28 bits per heavy atom. The molecule has 4 heteroatoms. The summed E-state index contributed by atoms with van der Waals surface area (Å²) in [7, 11) is 0. The lowest BCUT2D eigenvalue weighted by atomic mass is 9.43. The fourth-order valence-electron chi connectivity index (χ4n) is 19.3. The Balaban J connectivity index is 0.825. The monoisotopic (exact) mass is 789 g/mol. The van der Waals surface area contributed by atoms with Crippen molar-refractivity contribution in [1.82, 2.24) is 0 Å². The van der Waals surface area contributed by atoms with E-state index in [0.717, 1.165) is 62.2 Å². The molecule has 324 valence electrons. The van der Waals surface area contributed by atoms with Crippen molar-refractivity contribution in [3.05, 3.63) is 0 Å². The molecule has 0 aliphatic heterocycles. The van der Waals surface area contributed by atoms with Gasteiger partial charge in [0.05, 0.1) is 18.6 Å². The number of hydrogen-bond acceptors (Lipinski definition) is 4. The Morgan fingerprint density at radius 2 is 0.895 bits per heavy atom. The molecule has 0 amide bonds. The van der Waals surface area contributed by atoms with Crippen LogP contribution >= 0.6 is 0 Å². The third kappa shape index (κ3) is 7.23. The molecule has 0 saturated heterocycles. The molecule has 0 aromatic carbocycles. The van der Waals surface area contributed by atoms with Gasteiger partial charge in [0.1, 0.15) is 11.6 Å². The highest BCUT2D eigenvalue weighted by Crippen LogP contribution is 2.70. The molecule has 0 aromatic rings. The third-order valence-electron chi connectivity index (χ3n) is 22.0. The average molecular weight is 789 g/mol. The van der Waals surface area contributed by atoms with Crippen molar-refractivity contribution in [1.29, 1.82) is 0 Å². The molecule has 0 radical (unpaired) electrons. The predicted octanol–water partition coefficient (Wildman–Crippen LogP) is 12.7. The highest BCUT2D eigenvalue weighted by Gasteiger charge is 2.64. The number of fused-ring (bicyclic) bond motifs is 10. The Bertz CT molecular complexity index is 1350. The standard InChI is InChI=1S/C53H88O4/c1-9-11-32(3)40-13-15-42-48-44(19-23-52(40,42)7)50(5)21-17-34(25-36(50)29-46(48)56)27-38(54)31-39(55)28-35-18-22-51(6)37(26-35)30-47(57)49-43-16-14-41(33(4)12-10-2)53(43,8)24-20-45(49)51/h32-37,40-49,56-57H,9-31H2,1-8H3/t32-,33-,34-,35-,36?,37?,40-,41-,42+,43+,44+,45+,46?,47?,48?,49?,50+,51+,52-,53-/m1/s1. The lowest BCUT2D eigenvalue weighted by Crippen LogP contribution is -2.58. The maximum absolute atomic E-state index is 13.6. The van der Waals surface area contributed by atoms with E-state index in [1.807, 2.05) is 0 Å². The second kappa shape index (κ2) is 16.2. The SMILES string of the molecule is CCC[C@@H](C)[C@H]1CC[C@H]2C3C(O)CC4C[C@H](CC(=O)CC(=O)C[C@@H]5CC[C@@]6(C)C(CC(O)C7[C@@H]8CC[C@H]([C@H](C)CCC)[C@@]8(C)CC[C@@H]76)C5)CC[C@]4(C)[C@H]3CC[C@]12C. The lowest BCUT2D eigenvalue weighted by molar-refractivity contribution is -0.170. The summed E-state index contributed by atoms with van der Waals surface area (Å²) in [6.45, 7) is 20.0. The van der Waals surface area contributed by atoms with Crippen LogP contribution in [0.5, 0.6) is 0 Å². The van der Waals surface area contributed by atoms with Gasteiger partial charge in [-0.05, 0) is 207 Å². The van der Waals surface area contributed by atoms with Crippen LogP contribution in [0.4, 0.5) is 0 Å². The van der Waals surface area contributed by atoms with Gasteiger partial charge in [-0.15, -0.1) is 0 Å². The molecule has 4 nitrogen and oxygen atoms in total. The summed E-state index contributed by atoms with van der Waals surface area (Å²) in [5.41, 5.74) is 1.33. The van der Waals surface area contributed by atoms with Crippen LogP contribution in [0.1, 0.15) is 203 Å². The molecule has 8 aliphatic rings. The molecule has 0 bridgehead atoms. The summed E-state index contributed by atoms with van der Waals surface area (Å²) < 4.78 is 0. The van der Waals surface area contributed by atoms with Gasteiger partial charge in [0.2, 0.25) is 0 Å². The van der Waals surface area contributed by atoms with Crippen LogP contribution in [0.3, 0.4) is 0 Å². The van der Waals surface area contributed by atoms with Crippen LogP contribution in [0.25, 0.3) is 0 Å². The predicted molar refractivity (Wildman–Crippen MR) is 232 cm³/mol. The molecule has 2 N–H and O–H groups in total. The Morgan fingerprint density at radius 1 is 0.526 bits per heavy atom. The topological polar surface area (TPSA) is 74.6 Å². The van der Waals surface area contributed by atoms with Crippen LogP contribution in [0.2, 0.25) is 0 Å². The van der Waals surface area contributed by atoms with Crippen LogP contribution < -0.4 is 0 Å². The van der Waals surface area contributed by atoms with Gasteiger partial charge in [0.15, 0.2) is 0 Å². The van der Waals surface area contributed by atoms with Crippen molar-refractivity contribution < 1.29 is 19.8 Å². The highest BCUT2D eigenvalue weighted by atomic mass is 16.3. The van der Waals surface area contributed by atoms with Crippen LogP contribution in [0, 0.1) is 105 Å². The van der Waals surface area contributed by atoms with E-state index in [-0.39, 0.29) is 41.0 Å². The molecule has 57 heavy (non-hydrogen) atoms. The normalized spacial score (nSPS) is 51.3. The number of hydrogen-bond donors (Lipinski definition) is 2. The van der Waals surface area contributed by atoms with Gasteiger partial charge in [-0.25, -0.2) is 0 Å². The van der Waals surface area contributed by atoms with Gasteiger partial charge >= 0.3 is 0 Å². The van der Waals surface area contributed by atoms with Gasteiger partial charge < -0.3 is 10.2 Å². The van der Waals surface area contributed by atoms with E-state index in [1.165, 1.54) is 89.9 Å². The molecule has 8 rings (SSSR count). The van der Waals surface area contributed by atoms with E-state index >= 15 is 0 Å². The number of carbonyl (C=O) groups excluding carboxylic acids is 2. The summed E-state index contributed by atoms with van der Waals surface area (Å²) in [6, 6.07) is 0. The van der Waals surface area contributed by atoms with Crippen molar-refractivity contribution in [3.8, 4) is 0 Å². The quantitative estimate of drug-likeness (QED) is 0.193. The number of ketones is 2. The summed E-state index contributed by atoms with van der Waals surface area (Å²) >= 11 is 0. The van der Waals surface area contributed by atoms with E-state index < -0.39 is 0 Å². The van der Waals surface area contributed by atoms with Gasteiger partial charge in [-0.2, -0.15) is 0 Å². The van der Waals surface area contributed by atoms with Crippen molar-refractivity contribution in [2.75, 3.05) is 0 Å². The first-order valence-electron chi connectivity index (χ1n) is 25.5. The molecule has 8 saturated carbocycles. The smallest absolute Gasteiger partial charge is 0.140 e. The fourth-order valence-corrected chi connectivity index (χ4v) is 19.3. The molecule has 0 spiro atoms. The van der Waals surface area contributed by atoms with E-state index in [4.69, 9.17) is 0 Å². The maximum atomic E-state index is 13.6. The van der Waals surface area contributed by atoms with E-state index in [1.54, 1.807) is 0 Å². The number of Topliss-reactive ketones (excluding diaryl/α,β-unsaturated/α-hetero) is 2. The molecule has 20 atom stereocenters. The molecule has 8 aliphatic carbocycles. The van der Waals surface area contributed by atoms with Crippen molar-refractivity contribution >= 4 is 11.6 Å². The second-order valence-electron chi connectivity index (χ2n) is 24.5. The van der Waals surface area contributed by atoms with Crippen molar-refractivity contribution in [2.24, 2.45) is 105 Å². The Kier molecular flexibility index (Phi) is 12.2. The largest absolute Gasteiger partial charge is 0.393 e. The first kappa shape index (κ1) is 42.9. The van der Waals surface area contributed by atoms with E-state index in [2.05, 4.69) is 55.4 Å². The average Bonchev–Trinajstić information content (AvgIpc) is 3.70. The Labute approximate surface area is 350 Å². The molecule has 6 unspecified atom stereocenters. The van der Waals surface area contributed by atoms with Gasteiger partial charge in [-0.1, -0.05) is 81.1 Å². The number of aliphatic hydroxyl groups excluding tert-OH is 2. The van der Waals surface area contributed by atoms with Gasteiger partial charge in [-0.3, -0.25) is 9.59 Å². The van der Waals surface area contributed by atoms with Crippen molar-refractivity contribution in [2.45, 2.75) is 215 Å². The zero-order valence-electron chi connectivity index (χ0n) is 38.2. The minimum absolute atomic E-state index is 0.118. The van der Waals surface area contributed by atoms with Gasteiger partial charge in [0, 0.05) is 12.8 Å². The van der Waals surface area contributed by atoms with Crippen LogP contribution in [-0.2, 0) is 9.59 Å². The Hall–Kier alpha value is -0.740. The number of rotatable bonds is 12. The maximum Gasteiger partial charge on any atom is 0.140 e. The summed E-state index contributed by atoms with van der Waals surface area (Å²) in [4.78, 5) is 27.2. The molecular weight excluding hydrogens is 701 g/mol. The molecule has 8 fully saturated rings. The summed E-state index contributed by atoms with van der Waals surface area (Å²) in [6.07, 6.45) is 25.1. The minimum Gasteiger partial charge on any atom is -0.393 e. The number of carbonyl (C=O) groups is 2. The van der Waals surface area contributed by atoms with Crippen LogP contribution in [0.15, 0.2) is 0 Å². The molecule has 0 aromatic heterocycles. The number of aliphatic hydroxyl groups is 2. The zero-order valence-corrected chi connectivity index (χ0v) is 38.2. The van der Waals surface area contributed by atoms with Crippen LogP contribution in [-0.4, -0.2) is 34.0 Å². The van der Waals surface area contributed by atoms with E-state index in [9.17, 15) is 19.8 Å². The summed E-state index contributed by atoms with van der Waals surface area (Å²) in [5.74, 6) is 8.71. The minimum atomic E-state index is -0.199. The first-order chi connectivity index (χ1) is 27.1. The summed E-state index contributed by atoms with van der Waals surface area (Å²) in [5, 5.41) is 23.8. The molecule has 0 heterocycles. The van der Waals surface area contributed by atoms with Gasteiger partial charge in [0.25, 0.3) is 0 Å². The lowest BCUT2D eigenvalue weighted by Gasteiger charge is -2.62. The van der Waals surface area contributed by atoms with Crippen molar-refractivity contribution in [3.63, 3.8) is 0 Å². The fraction of sp³-hybridized carbons (Fsp3) is 0.962. The highest BCUT2D eigenvalue weighted by molar-refractivity contribution is 5.99. The second-order valence-corrected chi connectivity index (χ2v) is 24.5.